The number of rotatable bonds is 2. The quantitative estimate of drug-likeness (QED) is 0.858. The Morgan fingerprint density at radius 2 is 2.06 bits per heavy atom. The number of halogens is 2. The molecule has 90 valence electrons. The molecule has 2 rings (SSSR count). The van der Waals surface area contributed by atoms with Gasteiger partial charge in [-0.15, -0.1) is 12.4 Å². The molecular formula is C12H17Cl2NO. The normalized spacial score (nSPS) is 28.8. The molecule has 1 saturated heterocycles. The molecule has 2 atom stereocenters. The molecule has 2 N–H and O–H groups in total. The van der Waals surface area contributed by atoms with E-state index in [1.807, 2.05) is 24.3 Å². The molecule has 4 heteroatoms. The Hall–Kier alpha value is -0.280. The van der Waals surface area contributed by atoms with Crippen molar-refractivity contribution in [2.24, 2.45) is 0 Å². The lowest BCUT2D eigenvalue weighted by atomic mass is 9.91. The molecule has 1 aliphatic rings. The van der Waals surface area contributed by atoms with E-state index in [1.54, 1.807) is 0 Å². The highest BCUT2D eigenvalue weighted by Crippen LogP contribution is 2.32. The molecule has 0 saturated carbocycles. The molecule has 2 nitrogen and oxygen atoms in total. The van der Waals surface area contributed by atoms with Gasteiger partial charge >= 0.3 is 0 Å². The van der Waals surface area contributed by atoms with Gasteiger partial charge in [0.15, 0.2) is 0 Å². The fraction of sp³-hybridized carbons (Fsp3) is 0.500. The average molecular weight is 262 g/mol. The zero-order valence-corrected chi connectivity index (χ0v) is 10.8. The van der Waals surface area contributed by atoms with Crippen LogP contribution in [0.1, 0.15) is 25.3 Å². The van der Waals surface area contributed by atoms with Gasteiger partial charge in [0.2, 0.25) is 0 Å². The minimum absolute atomic E-state index is 0. The van der Waals surface area contributed by atoms with Crippen molar-refractivity contribution >= 4 is 24.0 Å². The van der Waals surface area contributed by atoms with Crippen LogP contribution in [0, 0.1) is 0 Å². The highest BCUT2D eigenvalue weighted by atomic mass is 35.5. The van der Waals surface area contributed by atoms with Crippen LogP contribution in [0.3, 0.4) is 0 Å². The largest absolute Gasteiger partial charge is 0.384 e. The van der Waals surface area contributed by atoms with Crippen LogP contribution in [0.2, 0.25) is 5.02 Å². The molecule has 0 radical (unpaired) electrons. The Labute approximate surface area is 107 Å². The van der Waals surface area contributed by atoms with E-state index in [0.29, 0.717) is 17.6 Å². The Kier molecular flexibility index (Phi) is 4.62. The lowest BCUT2D eigenvalue weighted by molar-refractivity contribution is 0.0558. The van der Waals surface area contributed by atoms with Crippen molar-refractivity contribution < 1.29 is 5.11 Å². The number of aliphatic hydroxyl groups is 1. The molecule has 0 amide bonds. The first-order valence-corrected chi connectivity index (χ1v) is 5.73. The third-order valence-electron chi connectivity index (χ3n) is 3.14. The van der Waals surface area contributed by atoms with Crippen molar-refractivity contribution in [1.29, 1.82) is 0 Å². The van der Waals surface area contributed by atoms with E-state index >= 15 is 0 Å². The maximum Gasteiger partial charge on any atom is 0.103 e. The van der Waals surface area contributed by atoms with Gasteiger partial charge in [-0.3, -0.25) is 0 Å². The van der Waals surface area contributed by atoms with Crippen molar-refractivity contribution in [3.63, 3.8) is 0 Å². The van der Waals surface area contributed by atoms with Crippen molar-refractivity contribution in [2.75, 3.05) is 6.54 Å². The van der Waals surface area contributed by atoms with E-state index in [2.05, 4.69) is 12.2 Å². The SMILES string of the molecule is CCC1CC(O)(c2ccc(Cl)cc2)CN1.Cl. The van der Waals surface area contributed by atoms with Crippen molar-refractivity contribution in [1.82, 2.24) is 5.32 Å². The maximum atomic E-state index is 10.4. The number of nitrogens with one attached hydrogen (secondary N) is 1. The molecule has 1 heterocycles. The summed E-state index contributed by atoms with van der Waals surface area (Å²) in [6, 6.07) is 7.89. The van der Waals surface area contributed by atoms with Gasteiger partial charge in [0, 0.05) is 17.6 Å². The Morgan fingerprint density at radius 1 is 1.44 bits per heavy atom. The van der Waals surface area contributed by atoms with Crippen LogP contribution in [-0.2, 0) is 5.60 Å². The minimum atomic E-state index is -0.717. The van der Waals surface area contributed by atoms with Gasteiger partial charge in [-0.05, 0) is 30.5 Å². The van der Waals surface area contributed by atoms with Crippen molar-refractivity contribution in [2.45, 2.75) is 31.4 Å². The standard InChI is InChI=1S/C12H16ClNO.ClH/c1-2-11-7-12(15,8-14-11)9-3-5-10(13)6-4-9;/h3-6,11,14-15H,2,7-8H2,1H3;1H. The summed E-state index contributed by atoms with van der Waals surface area (Å²) in [5.41, 5.74) is 0.237. The van der Waals surface area contributed by atoms with Gasteiger partial charge in [0.05, 0.1) is 0 Å². The summed E-state index contributed by atoms with van der Waals surface area (Å²) in [7, 11) is 0. The molecule has 2 unspecified atom stereocenters. The fourth-order valence-corrected chi connectivity index (χ4v) is 2.26. The monoisotopic (exact) mass is 261 g/mol. The summed E-state index contributed by atoms with van der Waals surface area (Å²) in [6.07, 6.45) is 1.83. The van der Waals surface area contributed by atoms with Gasteiger partial charge < -0.3 is 10.4 Å². The maximum absolute atomic E-state index is 10.4. The van der Waals surface area contributed by atoms with Gasteiger partial charge in [-0.1, -0.05) is 30.7 Å². The lowest BCUT2D eigenvalue weighted by Crippen LogP contribution is -2.28. The average Bonchev–Trinajstić information content (AvgIpc) is 2.62. The van der Waals surface area contributed by atoms with Crippen molar-refractivity contribution in [3.8, 4) is 0 Å². The zero-order chi connectivity index (χ0) is 10.9. The van der Waals surface area contributed by atoms with Gasteiger partial charge in [0.25, 0.3) is 0 Å². The van der Waals surface area contributed by atoms with E-state index in [1.165, 1.54) is 0 Å². The Bertz CT molecular complexity index is 341. The van der Waals surface area contributed by atoms with Gasteiger partial charge in [0.1, 0.15) is 5.60 Å². The first-order valence-electron chi connectivity index (χ1n) is 5.36. The molecule has 0 aliphatic carbocycles. The van der Waals surface area contributed by atoms with Crippen LogP contribution < -0.4 is 5.32 Å². The summed E-state index contributed by atoms with van der Waals surface area (Å²) >= 11 is 5.82. The second-order valence-corrected chi connectivity index (χ2v) is 4.67. The highest BCUT2D eigenvalue weighted by molar-refractivity contribution is 6.30. The van der Waals surface area contributed by atoms with Crippen LogP contribution in [0.25, 0.3) is 0 Å². The molecule has 1 fully saturated rings. The molecule has 0 spiro atoms. The van der Waals surface area contributed by atoms with Gasteiger partial charge in [-0.25, -0.2) is 0 Å². The fourth-order valence-electron chi connectivity index (χ4n) is 2.13. The minimum Gasteiger partial charge on any atom is -0.384 e. The van der Waals surface area contributed by atoms with E-state index < -0.39 is 5.60 Å². The predicted octanol–water partition coefficient (Wildman–Crippen LogP) is 2.72. The van der Waals surface area contributed by atoms with Crippen molar-refractivity contribution in [3.05, 3.63) is 34.9 Å². The van der Waals surface area contributed by atoms with Crippen LogP contribution in [0.15, 0.2) is 24.3 Å². The highest BCUT2D eigenvalue weighted by Gasteiger charge is 2.37. The molecule has 0 aromatic heterocycles. The van der Waals surface area contributed by atoms with Crippen LogP contribution >= 0.6 is 24.0 Å². The molecule has 0 bridgehead atoms. The van der Waals surface area contributed by atoms with Crippen LogP contribution in [-0.4, -0.2) is 17.7 Å². The third-order valence-corrected chi connectivity index (χ3v) is 3.39. The van der Waals surface area contributed by atoms with E-state index in [9.17, 15) is 5.11 Å². The number of hydrogen-bond donors (Lipinski definition) is 2. The van der Waals surface area contributed by atoms with Crippen LogP contribution in [0.4, 0.5) is 0 Å². The second-order valence-electron chi connectivity index (χ2n) is 4.23. The molecule has 16 heavy (non-hydrogen) atoms. The van der Waals surface area contributed by atoms with E-state index in [4.69, 9.17) is 11.6 Å². The smallest absolute Gasteiger partial charge is 0.103 e. The topological polar surface area (TPSA) is 32.3 Å². The number of hydrogen-bond acceptors (Lipinski definition) is 2. The predicted molar refractivity (Wildman–Crippen MR) is 69.3 cm³/mol. The van der Waals surface area contributed by atoms with Gasteiger partial charge in [-0.2, -0.15) is 0 Å². The molecular weight excluding hydrogens is 245 g/mol. The molecule has 1 aromatic carbocycles. The van der Waals surface area contributed by atoms with E-state index in [-0.39, 0.29) is 12.4 Å². The first-order chi connectivity index (χ1) is 7.14. The first kappa shape index (κ1) is 13.8. The summed E-state index contributed by atoms with van der Waals surface area (Å²) in [5.74, 6) is 0. The summed E-state index contributed by atoms with van der Waals surface area (Å²) in [5, 5.41) is 14.5. The zero-order valence-electron chi connectivity index (χ0n) is 9.24. The summed E-state index contributed by atoms with van der Waals surface area (Å²) in [6.45, 7) is 2.76. The molecule has 1 aromatic rings. The van der Waals surface area contributed by atoms with Crippen LogP contribution in [0.5, 0.6) is 0 Å². The summed E-state index contributed by atoms with van der Waals surface area (Å²) < 4.78 is 0. The third kappa shape index (κ3) is 2.69. The lowest BCUT2D eigenvalue weighted by Gasteiger charge is -2.22. The summed E-state index contributed by atoms with van der Waals surface area (Å²) in [4.78, 5) is 0. The number of benzene rings is 1. The number of β-amino-alcohol motifs (C(OH)–C–C–N with tert-alkyl or cyclic N) is 1. The second kappa shape index (κ2) is 5.37. The Balaban J connectivity index is 0.00000128. The Morgan fingerprint density at radius 3 is 2.56 bits per heavy atom. The van der Waals surface area contributed by atoms with E-state index in [0.717, 1.165) is 18.4 Å². The molecule has 1 aliphatic heterocycles.